The third-order valence-electron chi connectivity index (χ3n) is 1.08. The quantitative estimate of drug-likeness (QED) is 0.674. The van der Waals surface area contributed by atoms with E-state index in [1.807, 2.05) is 12.1 Å². The third-order valence-corrected chi connectivity index (χ3v) is 1.08. The lowest BCUT2D eigenvalue weighted by Crippen LogP contribution is -1.90. The highest BCUT2D eigenvalue weighted by Gasteiger charge is 1.88. The molecule has 0 bridgehead atoms. The van der Waals surface area contributed by atoms with Gasteiger partial charge in [0, 0.05) is 0 Å². The number of rotatable bonds is 2. The normalized spacial score (nSPS) is 14.2. The summed E-state index contributed by atoms with van der Waals surface area (Å²) in [5.74, 6) is 0.765. The lowest BCUT2D eigenvalue weighted by Gasteiger charge is -1.90. The van der Waals surface area contributed by atoms with Crippen LogP contribution < -0.4 is 0 Å². The summed E-state index contributed by atoms with van der Waals surface area (Å²) in [7, 11) is 0. The van der Waals surface area contributed by atoms with E-state index in [2.05, 4.69) is 0 Å². The average molecular weight is 138 g/mol. The van der Waals surface area contributed by atoms with Gasteiger partial charge >= 0.3 is 0 Å². The van der Waals surface area contributed by atoms with E-state index >= 15 is 0 Å². The van der Waals surface area contributed by atoms with E-state index in [-0.39, 0.29) is 0 Å². The van der Waals surface area contributed by atoms with Gasteiger partial charge in [-0.1, -0.05) is 6.08 Å². The van der Waals surface area contributed by atoms with Crippen LogP contribution in [-0.4, -0.2) is 11.2 Å². The Morgan fingerprint density at radius 1 is 1.70 bits per heavy atom. The summed E-state index contributed by atoms with van der Waals surface area (Å²) in [6.45, 7) is 1.69. The number of furan rings is 1. The molecule has 0 aliphatic heterocycles. The molecule has 0 fully saturated rings. The highest BCUT2D eigenvalue weighted by Crippen LogP contribution is 2.02. The fourth-order valence-corrected chi connectivity index (χ4v) is 0.620. The molecule has 1 heterocycles. The zero-order valence-corrected chi connectivity index (χ0v) is 5.82. The lowest BCUT2D eigenvalue weighted by molar-refractivity contribution is 0.245. The van der Waals surface area contributed by atoms with Gasteiger partial charge in [0.2, 0.25) is 0 Å². The topological polar surface area (TPSA) is 33.4 Å². The van der Waals surface area contributed by atoms with E-state index in [1.54, 1.807) is 25.3 Å². The first-order chi connectivity index (χ1) is 4.79. The van der Waals surface area contributed by atoms with E-state index in [1.165, 1.54) is 0 Å². The van der Waals surface area contributed by atoms with Gasteiger partial charge in [0.25, 0.3) is 0 Å². The summed E-state index contributed by atoms with van der Waals surface area (Å²) in [6, 6.07) is 3.64. The summed E-state index contributed by atoms with van der Waals surface area (Å²) in [5, 5.41) is 8.82. The van der Waals surface area contributed by atoms with Crippen molar-refractivity contribution in [3.63, 3.8) is 0 Å². The third kappa shape index (κ3) is 2.07. The van der Waals surface area contributed by atoms with Gasteiger partial charge in [-0.2, -0.15) is 0 Å². The van der Waals surface area contributed by atoms with Gasteiger partial charge < -0.3 is 9.52 Å². The molecule has 0 saturated carbocycles. The molecule has 0 radical (unpaired) electrons. The molecule has 1 aromatic heterocycles. The van der Waals surface area contributed by atoms with Crippen LogP contribution in [0.2, 0.25) is 0 Å². The molecule has 1 atom stereocenters. The zero-order chi connectivity index (χ0) is 7.40. The van der Waals surface area contributed by atoms with Crippen molar-refractivity contribution in [3.8, 4) is 0 Å². The molecule has 54 valence electrons. The number of aliphatic hydroxyl groups is 1. The maximum absolute atomic E-state index is 8.82. The Balaban J connectivity index is 2.55. The minimum absolute atomic E-state index is 0.412. The summed E-state index contributed by atoms with van der Waals surface area (Å²) < 4.78 is 4.99. The van der Waals surface area contributed by atoms with E-state index in [9.17, 15) is 0 Å². The van der Waals surface area contributed by atoms with Gasteiger partial charge in [-0.15, -0.1) is 0 Å². The molecule has 1 rings (SSSR count). The molecular formula is C8H10O2. The van der Waals surface area contributed by atoms with E-state index in [0.717, 1.165) is 5.76 Å². The Bertz CT molecular complexity index is 197. The summed E-state index contributed by atoms with van der Waals surface area (Å²) in [5.41, 5.74) is 0. The van der Waals surface area contributed by atoms with E-state index in [4.69, 9.17) is 9.52 Å². The first-order valence-electron chi connectivity index (χ1n) is 3.19. The second-order valence-electron chi connectivity index (χ2n) is 2.12. The molecule has 1 N–H and O–H groups in total. The van der Waals surface area contributed by atoms with E-state index < -0.39 is 6.10 Å². The fourth-order valence-electron chi connectivity index (χ4n) is 0.620. The smallest absolute Gasteiger partial charge is 0.126 e. The first-order valence-corrected chi connectivity index (χ1v) is 3.19. The van der Waals surface area contributed by atoms with Gasteiger partial charge in [-0.05, 0) is 25.1 Å². The Labute approximate surface area is 59.8 Å². The van der Waals surface area contributed by atoms with Gasteiger partial charge in [0.05, 0.1) is 12.4 Å². The van der Waals surface area contributed by atoms with Crippen molar-refractivity contribution in [2.75, 3.05) is 0 Å². The Hall–Kier alpha value is -1.02. The van der Waals surface area contributed by atoms with E-state index in [0.29, 0.717) is 0 Å². The maximum atomic E-state index is 8.82. The number of hydrogen-bond donors (Lipinski definition) is 1. The standard InChI is InChI=1S/C8H10O2/c1-7(9)4-5-8-3-2-6-10-8/h2-7,9H,1H3/b5-4-/t7-/m1/s1. The minimum Gasteiger partial charge on any atom is -0.465 e. The second kappa shape index (κ2) is 3.22. The summed E-state index contributed by atoms with van der Waals surface area (Å²) in [4.78, 5) is 0. The summed E-state index contributed by atoms with van der Waals surface area (Å²) in [6.07, 6.45) is 4.59. The molecule has 0 saturated heterocycles. The van der Waals surface area contributed by atoms with Crippen molar-refractivity contribution in [1.29, 1.82) is 0 Å². The van der Waals surface area contributed by atoms with Crippen LogP contribution in [0.4, 0.5) is 0 Å². The molecule has 2 nitrogen and oxygen atoms in total. The highest BCUT2D eigenvalue weighted by molar-refractivity contribution is 5.42. The minimum atomic E-state index is -0.412. The molecule has 0 amide bonds. The molecule has 10 heavy (non-hydrogen) atoms. The zero-order valence-electron chi connectivity index (χ0n) is 5.82. The number of hydrogen-bond acceptors (Lipinski definition) is 2. The highest BCUT2D eigenvalue weighted by atomic mass is 16.3. The Morgan fingerprint density at radius 3 is 3.00 bits per heavy atom. The molecule has 0 spiro atoms. The van der Waals surface area contributed by atoms with Crippen LogP contribution in [0, 0.1) is 0 Å². The molecule has 0 unspecified atom stereocenters. The van der Waals surface area contributed by atoms with Crippen LogP contribution in [0.15, 0.2) is 28.9 Å². The van der Waals surface area contributed by atoms with Crippen LogP contribution in [0.25, 0.3) is 6.08 Å². The fraction of sp³-hybridized carbons (Fsp3) is 0.250. The van der Waals surface area contributed by atoms with Crippen molar-refractivity contribution in [1.82, 2.24) is 0 Å². The van der Waals surface area contributed by atoms with Crippen molar-refractivity contribution < 1.29 is 9.52 Å². The molecule has 0 aliphatic rings. The molecular weight excluding hydrogens is 128 g/mol. The predicted octanol–water partition coefficient (Wildman–Crippen LogP) is 1.67. The molecule has 0 aliphatic carbocycles. The van der Waals surface area contributed by atoms with Crippen LogP contribution in [0.1, 0.15) is 12.7 Å². The molecule has 0 aromatic carbocycles. The number of aliphatic hydroxyl groups excluding tert-OH is 1. The average Bonchev–Trinajstić information content (AvgIpc) is 2.34. The summed E-state index contributed by atoms with van der Waals surface area (Å²) >= 11 is 0. The van der Waals surface area contributed by atoms with Gasteiger partial charge in [0.15, 0.2) is 0 Å². The lowest BCUT2D eigenvalue weighted by atomic mass is 10.3. The Morgan fingerprint density at radius 2 is 2.50 bits per heavy atom. The molecule has 2 heteroatoms. The van der Waals surface area contributed by atoms with Crippen molar-refractivity contribution >= 4 is 6.08 Å². The first kappa shape index (κ1) is 7.09. The van der Waals surface area contributed by atoms with Gasteiger partial charge in [0.1, 0.15) is 5.76 Å². The largest absolute Gasteiger partial charge is 0.465 e. The van der Waals surface area contributed by atoms with Crippen LogP contribution in [0.5, 0.6) is 0 Å². The van der Waals surface area contributed by atoms with Crippen molar-refractivity contribution in [3.05, 3.63) is 30.2 Å². The van der Waals surface area contributed by atoms with Crippen LogP contribution in [-0.2, 0) is 0 Å². The SMILES string of the molecule is C[C@@H](O)/C=C\c1ccco1. The predicted molar refractivity (Wildman–Crippen MR) is 39.4 cm³/mol. The Kier molecular flexibility index (Phi) is 2.29. The van der Waals surface area contributed by atoms with Gasteiger partial charge in [-0.25, -0.2) is 0 Å². The van der Waals surface area contributed by atoms with Gasteiger partial charge in [-0.3, -0.25) is 0 Å². The maximum Gasteiger partial charge on any atom is 0.126 e. The molecule has 1 aromatic rings. The van der Waals surface area contributed by atoms with Crippen molar-refractivity contribution in [2.24, 2.45) is 0 Å². The van der Waals surface area contributed by atoms with Crippen LogP contribution in [0.3, 0.4) is 0 Å². The van der Waals surface area contributed by atoms with Crippen LogP contribution >= 0.6 is 0 Å². The second-order valence-corrected chi connectivity index (χ2v) is 2.12. The van der Waals surface area contributed by atoms with Crippen molar-refractivity contribution in [2.45, 2.75) is 13.0 Å². The monoisotopic (exact) mass is 138 g/mol.